The number of carbonyl (C=O) groups excluding carboxylic acids is 3. The van der Waals surface area contributed by atoms with Crippen LogP contribution in [0.25, 0.3) is 0 Å². The van der Waals surface area contributed by atoms with Crippen LogP contribution in [-0.4, -0.2) is 48.4 Å². The molecule has 0 radical (unpaired) electrons. The standard InChI is InChI=1S/C18H35N3O4/c1-4-6-9-14(13-16(20)22)21(12-7-5-2)18(24)15(19)10-8-11-17(23)25-3/h14-15H,4-13,19H2,1-3H3,(H2,20,22)/t14-,15-/m0/s1. The Hall–Kier alpha value is -1.63. The normalized spacial score (nSPS) is 13.1. The Morgan fingerprint density at radius 2 is 1.68 bits per heavy atom. The van der Waals surface area contributed by atoms with Gasteiger partial charge in [-0.25, -0.2) is 0 Å². The van der Waals surface area contributed by atoms with Gasteiger partial charge >= 0.3 is 5.97 Å². The number of hydrogen-bond donors (Lipinski definition) is 2. The van der Waals surface area contributed by atoms with Gasteiger partial charge in [-0.1, -0.05) is 33.1 Å². The van der Waals surface area contributed by atoms with Gasteiger partial charge in [0.2, 0.25) is 11.8 Å². The topological polar surface area (TPSA) is 116 Å². The average molecular weight is 357 g/mol. The molecule has 0 saturated carbocycles. The van der Waals surface area contributed by atoms with E-state index in [1.807, 2.05) is 6.92 Å². The first-order valence-corrected chi connectivity index (χ1v) is 9.28. The van der Waals surface area contributed by atoms with E-state index in [1.54, 1.807) is 4.90 Å². The van der Waals surface area contributed by atoms with Crippen molar-refractivity contribution in [2.45, 2.75) is 83.7 Å². The molecule has 4 N–H and O–H groups in total. The molecule has 2 atom stereocenters. The van der Waals surface area contributed by atoms with Crippen molar-refractivity contribution in [3.63, 3.8) is 0 Å². The van der Waals surface area contributed by atoms with Crippen LogP contribution in [0.15, 0.2) is 0 Å². The number of unbranched alkanes of at least 4 members (excludes halogenated alkanes) is 2. The van der Waals surface area contributed by atoms with Crippen molar-refractivity contribution in [3.8, 4) is 0 Å². The summed E-state index contributed by atoms with van der Waals surface area (Å²) in [5, 5.41) is 0. The molecule has 0 spiro atoms. The van der Waals surface area contributed by atoms with E-state index in [0.29, 0.717) is 19.4 Å². The molecule has 0 bridgehead atoms. The fourth-order valence-corrected chi connectivity index (χ4v) is 2.75. The Kier molecular flexibility index (Phi) is 12.7. The van der Waals surface area contributed by atoms with Crippen LogP contribution in [0.4, 0.5) is 0 Å². The number of rotatable bonds is 14. The molecule has 0 aliphatic carbocycles. The number of nitrogens with two attached hydrogens (primary N) is 2. The van der Waals surface area contributed by atoms with Crippen molar-refractivity contribution in [2.75, 3.05) is 13.7 Å². The van der Waals surface area contributed by atoms with Crippen LogP contribution < -0.4 is 11.5 Å². The lowest BCUT2D eigenvalue weighted by Gasteiger charge is -2.33. The highest BCUT2D eigenvalue weighted by atomic mass is 16.5. The molecule has 146 valence electrons. The molecule has 25 heavy (non-hydrogen) atoms. The van der Waals surface area contributed by atoms with Gasteiger partial charge in [-0.15, -0.1) is 0 Å². The molecule has 7 heteroatoms. The Bertz CT molecular complexity index is 415. The SMILES string of the molecule is CCCC[C@@H](CC(N)=O)N(CCCC)C(=O)[C@@H](N)CCCC(=O)OC. The highest BCUT2D eigenvalue weighted by Crippen LogP contribution is 2.16. The van der Waals surface area contributed by atoms with Crippen LogP contribution >= 0.6 is 0 Å². The first-order chi connectivity index (χ1) is 11.9. The van der Waals surface area contributed by atoms with Crippen molar-refractivity contribution in [1.29, 1.82) is 0 Å². The summed E-state index contributed by atoms with van der Waals surface area (Å²) in [4.78, 5) is 37.1. The zero-order valence-electron chi connectivity index (χ0n) is 16.0. The van der Waals surface area contributed by atoms with Crippen molar-refractivity contribution >= 4 is 17.8 Å². The van der Waals surface area contributed by atoms with Crippen LogP contribution in [-0.2, 0) is 19.1 Å². The molecule has 0 aliphatic heterocycles. The number of carbonyl (C=O) groups is 3. The smallest absolute Gasteiger partial charge is 0.305 e. The predicted molar refractivity (Wildman–Crippen MR) is 97.6 cm³/mol. The molecule has 0 heterocycles. The molecule has 0 aromatic carbocycles. The van der Waals surface area contributed by atoms with Crippen molar-refractivity contribution in [3.05, 3.63) is 0 Å². The minimum absolute atomic E-state index is 0.157. The molecule has 0 rings (SSSR count). The second-order valence-corrected chi connectivity index (χ2v) is 6.43. The van der Waals surface area contributed by atoms with E-state index in [9.17, 15) is 14.4 Å². The lowest BCUT2D eigenvalue weighted by molar-refractivity contribution is -0.141. The number of primary amides is 1. The third kappa shape index (κ3) is 10.1. The van der Waals surface area contributed by atoms with Crippen molar-refractivity contribution in [1.82, 2.24) is 4.90 Å². The molecule has 2 amide bonds. The molecule has 0 fully saturated rings. The van der Waals surface area contributed by atoms with Gasteiger partial charge < -0.3 is 21.1 Å². The van der Waals surface area contributed by atoms with E-state index in [4.69, 9.17) is 11.5 Å². The van der Waals surface area contributed by atoms with Gasteiger partial charge in [0.25, 0.3) is 0 Å². The van der Waals surface area contributed by atoms with Gasteiger partial charge in [-0.2, -0.15) is 0 Å². The lowest BCUT2D eigenvalue weighted by atomic mass is 10.0. The van der Waals surface area contributed by atoms with E-state index in [2.05, 4.69) is 11.7 Å². The third-order valence-corrected chi connectivity index (χ3v) is 4.25. The van der Waals surface area contributed by atoms with Crippen molar-refractivity contribution in [2.24, 2.45) is 11.5 Å². The molecule has 0 aromatic heterocycles. The van der Waals surface area contributed by atoms with Gasteiger partial charge in [0, 0.05) is 25.4 Å². The van der Waals surface area contributed by atoms with E-state index in [1.165, 1.54) is 7.11 Å². The van der Waals surface area contributed by atoms with Gasteiger partial charge in [0.05, 0.1) is 13.2 Å². The largest absolute Gasteiger partial charge is 0.469 e. The quantitative estimate of drug-likeness (QED) is 0.459. The van der Waals surface area contributed by atoms with Gasteiger partial charge in [-0.3, -0.25) is 14.4 Å². The first kappa shape index (κ1) is 23.4. The summed E-state index contributed by atoms with van der Waals surface area (Å²) in [7, 11) is 1.34. The Morgan fingerprint density at radius 1 is 1.04 bits per heavy atom. The summed E-state index contributed by atoms with van der Waals surface area (Å²) in [6.45, 7) is 4.69. The Morgan fingerprint density at radius 3 is 2.20 bits per heavy atom. The molecule has 0 aliphatic rings. The molecule has 0 saturated heterocycles. The summed E-state index contributed by atoms with van der Waals surface area (Å²) < 4.78 is 4.59. The van der Waals surface area contributed by atoms with Crippen molar-refractivity contribution < 1.29 is 19.1 Å². The summed E-state index contributed by atoms with van der Waals surface area (Å²) in [6, 6.07) is -0.887. The molecular weight excluding hydrogens is 322 g/mol. The average Bonchev–Trinajstić information content (AvgIpc) is 2.58. The highest BCUT2D eigenvalue weighted by Gasteiger charge is 2.28. The van der Waals surface area contributed by atoms with Crippen LogP contribution in [0.2, 0.25) is 0 Å². The van der Waals surface area contributed by atoms with Gasteiger partial charge in [-0.05, 0) is 25.7 Å². The van der Waals surface area contributed by atoms with E-state index in [0.717, 1.165) is 32.1 Å². The maximum absolute atomic E-state index is 12.8. The maximum Gasteiger partial charge on any atom is 0.305 e. The van der Waals surface area contributed by atoms with E-state index >= 15 is 0 Å². The Labute approximate surface area is 151 Å². The lowest BCUT2D eigenvalue weighted by Crippen LogP contribution is -2.50. The minimum atomic E-state index is -0.682. The number of nitrogens with zero attached hydrogens (tertiary/aromatic N) is 1. The van der Waals surface area contributed by atoms with Gasteiger partial charge in [0.15, 0.2) is 0 Å². The molecule has 0 unspecified atom stereocenters. The number of ether oxygens (including phenoxy) is 1. The second-order valence-electron chi connectivity index (χ2n) is 6.43. The predicted octanol–water partition coefficient (Wildman–Crippen LogP) is 1.72. The van der Waals surface area contributed by atoms with Crippen LogP contribution in [0.3, 0.4) is 0 Å². The Balaban J connectivity index is 4.94. The summed E-state index contributed by atoms with van der Waals surface area (Å²) in [5.41, 5.74) is 11.4. The first-order valence-electron chi connectivity index (χ1n) is 9.28. The molecule has 7 nitrogen and oxygen atoms in total. The van der Waals surface area contributed by atoms with Crippen LogP contribution in [0, 0.1) is 0 Å². The minimum Gasteiger partial charge on any atom is -0.469 e. The fraction of sp³-hybridized carbons (Fsp3) is 0.833. The summed E-state index contributed by atoms with van der Waals surface area (Å²) in [5.74, 6) is -0.882. The molecule has 0 aromatic rings. The van der Waals surface area contributed by atoms with Gasteiger partial charge in [0.1, 0.15) is 0 Å². The monoisotopic (exact) mass is 357 g/mol. The molecular formula is C18H35N3O4. The van der Waals surface area contributed by atoms with E-state index in [-0.39, 0.29) is 30.8 Å². The number of hydrogen-bond acceptors (Lipinski definition) is 5. The zero-order chi connectivity index (χ0) is 19.2. The van der Waals surface area contributed by atoms with Crippen LogP contribution in [0.5, 0.6) is 0 Å². The maximum atomic E-state index is 12.8. The highest BCUT2D eigenvalue weighted by molar-refractivity contribution is 5.83. The van der Waals surface area contributed by atoms with Crippen LogP contribution in [0.1, 0.15) is 71.6 Å². The third-order valence-electron chi connectivity index (χ3n) is 4.25. The zero-order valence-corrected chi connectivity index (χ0v) is 16.0. The second kappa shape index (κ2) is 13.6. The van der Waals surface area contributed by atoms with E-state index < -0.39 is 11.9 Å². The summed E-state index contributed by atoms with van der Waals surface area (Å²) >= 11 is 0. The fourth-order valence-electron chi connectivity index (χ4n) is 2.75. The summed E-state index contributed by atoms with van der Waals surface area (Å²) in [6.07, 6.45) is 5.74. The number of amides is 2. The number of esters is 1. The number of methoxy groups -OCH3 is 1.